The number of hydrogen-bond acceptors (Lipinski definition) is 5. The number of ether oxygens (including phenoxy) is 1. The molecule has 0 aliphatic heterocycles. The van der Waals surface area contributed by atoms with Crippen LogP contribution in [-0.2, 0) is 0 Å². The summed E-state index contributed by atoms with van der Waals surface area (Å²) < 4.78 is 5.53. The van der Waals surface area contributed by atoms with Crippen LogP contribution in [0.5, 0.6) is 5.88 Å². The summed E-state index contributed by atoms with van der Waals surface area (Å²) in [6, 6.07) is 3.73. The molecule has 0 saturated carbocycles. The maximum Gasteiger partial charge on any atom is 0.239 e. The minimum Gasteiger partial charge on any atom is -0.476 e. The Morgan fingerprint density at radius 2 is 2.00 bits per heavy atom. The van der Waals surface area contributed by atoms with Crippen molar-refractivity contribution in [1.29, 1.82) is 0 Å². The van der Waals surface area contributed by atoms with Gasteiger partial charge in [-0.25, -0.2) is 0 Å². The van der Waals surface area contributed by atoms with Crippen LogP contribution < -0.4 is 15.8 Å². The molecule has 0 saturated heterocycles. The summed E-state index contributed by atoms with van der Waals surface area (Å²) in [6.07, 6.45) is 2.13. The van der Waals surface area contributed by atoms with E-state index in [1.165, 1.54) is 6.42 Å². The Morgan fingerprint density at radius 1 is 1.20 bits per heavy atom. The smallest absolute Gasteiger partial charge is 0.239 e. The lowest BCUT2D eigenvalue weighted by molar-refractivity contribution is 0.299. The van der Waals surface area contributed by atoms with Crippen LogP contribution in [0, 0.1) is 0 Å². The highest BCUT2D eigenvalue weighted by Crippen LogP contribution is 2.20. The van der Waals surface area contributed by atoms with Crippen molar-refractivity contribution < 1.29 is 4.74 Å². The van der Waals surface area contributed by atoms with Crippen LogP contribution in [0.15, 0.2) is 12.1 Å². The van der Waals surface area contributed by atoms with E-state index < -0.39 is 0 Å². The zero-order chi connectivity index (χ0) is 14.8. The second-order valence-corrected chi connectivity index (χ2v) is 4.80. The van der Waals surface area contributed by atoms with Gasteiger partial charge in [0.1, 0.15) is 5.82 Å². The highest BCUT2D eigenvalue weighted by Gasteiger charge is 2.05. The lowest BCUT2D eigenvalue weighted by Gasteiger charge is -2.19. The molecule has 0 aromatic carbocycles. The number of anilines is 2. The summed E-state index contributed by atoms with van der Waals surface area (Å²) in [4.78, 5) is 6.82. The number of pyridine rings is 1. The second-order valence-electron chi connectivity index (χ2n) is 4.80. The Hall–Kier alpha value is -1.49. The fourth-order valence-corrected chi connectivity index (χ4v) is 1.95. The van der Waals surface area contributed by atoms with Gasteiger partial charge in [-0.3, -0.25) is 0 Å². The first-order valence-corrected chi connectivity index (χ1v) is 7.56. The van der Waals surface area contributed by atoms with E-state index in [1.54, 1.807) is 0 Å². The molecule has 20 heavy (non-hydrogen) atoms. The molecule has 1 aromatic rings. The van der Waals surface area contributed by atoms with Crippen LogP contribution in [0.3, 0.4) is 0 Å². The molecule has 0 atom stereocenters. The Morgan fingerprint density at radius 3 is 2.65 bits per heavy atom. The van der Waals surface area contributed by atoms with E-state index in [2.05, 4.69) is 36.0 Å². The minimum absolute atomic E-state index is 0.526. The van der Waals surface area contributed by atoms with Crippen LogP contribution in [0.25, 0.3) is 0 Å². The monoisotopic (exact) mass is 280 g/mol. The maximum atomic E-state index is 5.84. The molecule has 0 radical (unpaired) electrons. The highest BCUT2D eigenvalue weighted by atomic mass is 16.5. The SMILES string of the molecule is CCCOc1nc(NCCN(CC)CCC)ccc1N. The van der Waals surface area contributed by atoms with Gasteiger partial charge in [0.05, 0.1) is 12.3 Å². The summed E-state index contributed by atoms with van der Waals surface area (Å²) in [5.74, 6) is 1.34. The topological polar surface area (TPSA) is 63.4 Å². The molecule has 1 aromatic heterocycles. The second kappa shape index (κ2) is 9.42. The van der Waals surface area contributed by atoms with Gasteiger partial charge >= 0.3 is 0 Å². The fraction of sp³-hybridized carbons (Fsp3) is 0.667. The third-order valence-corrected chi connectivity index (χ3v) is 3.05. The normalized spacial score (nSPS) is 10.8. The van der Waals surface area contributed by atoms with E-state index in [0.717, 1.165) is 38.4 Å². The molecule has 0 aliphatic carbocycles. The van der Waals surface area contributed by atoms with E-state index in [1.807, 2.05) is 12.1 Å². The molecule has 0 unspecified atom stereocenters. The summed E-state index contributed by atoms with van der Waals surface area (Å²) in [6.45, 7) is 11.2. The molecule has 0 fully saturated rings. The molecule has 1 rings (SSSR count). The molecule has 0 amide bonds. The number of nitrogens with one attached hydrogen (secondary N) is 1. The van der Waals surface area contributed by atoms with Crippen LogP contribution in [0.4, 0.5) is 11.5 Å². The Bertz CT molecular complexity index is 384. The van der Waals surface area contributed by atoms with E-state index >= 15 is 0 Å². The number of nitrogens with zero attached hydrogens (tertiary/aromatic N) is 2. The largest absolute Gasteiger partial charge is 0.476 e. The van der Waals surface area contributed by atoms with Crippen molar-refractivity contribution in [3.63, 3.8) is 0 Å². The van der Waals surface area contributed by atoms with Gasteiger partial charge in [0.25, 0.3) is 0 Å². The minimum atomic E-state index is 0.526. The first-order chi connectivity index (χ1) is 9.71. The molecule has 1 heterocycles. The third kappa shape index (κ3) is 5.65. The molecule has 114 valence electrons. The number of likely N-dealkylation sites (N-methyl/N-ethyl adjacent to an activating group) is 1. The summed E-state index contributed by atoms with van der Waals surface area (Å²) in [5, 5.41) is 3.32. The lowest BCUT2D eigenvalue weighted by atomic mass is 10.3. The molecule has 5 nitrogen and oxygen atoms in total. The van der Waals surface area contributed by atoms with Gasteiger partial charge in [-0.15, -0.1) is 0 Å². The van der Waals surface area contributed by atoms with Crippen LogP contribution in [-0.4, -0.2) is 42.7 Å². The van der Waals surface area contributed by atoms with E-state index in [4.69, 9.17) is 10.5 Å². The van der Waals surface area contributed by atoms with Gasteiger partial charge in [-0.2, -0.15) is 4.98 Å². The van der Waals surface area contributed by atoms with Crippen LogP contribution >= 0.6 is 0 Å². The Labute approximate surface area is 122 Å². The number of nitrogen functional groups attached to an aromatic ring is 1. The van der Waals surface area contributed by atoms with Crippen molar-refractivity contribution in [2.24, 2.45) is 0 Å². The van der Waals surface area contributed by atoms with Gasteiger partial charge in [0, 0.05) is 13.1 Å². The standard InChI is InChI=1S/C15H28N4O/c1-4-10-19(6-3)11-9-17-14-8-7-13(16)15(18-14)20-12-5-2/h7-8H,4-6,9-12,16H2,1-3H3,(H,17,18). The van der Waals surface area contributed by atoms with Crippen LogP contribution in [0.1, 0.15) is 33.6 Å². The van der Waals surface area contributed by atoms with Gasteiger partial charge in [0.15, 0.2) is 0 Å². The predicted octanol–water partition coefficient (Wildman–Crippen LogP) is 2.60. The van der Waals surface area contributed by atoms with Crippen molar-refractivity contribution in [3.05, 3.63) is 12.1 Å². The first kappa shape index (κ1) is 16.6. The Balaban J connectivity index is 2.47. The summed E-state index contributed by atoms with van der Waals surface area (Å²) in [5.41, 5.74) is 6.43. The number of aromatic nitrogens is 1. The van der Waals surface area contributed by atoms with E-state index in [0.29, 0.717) is 18.2 Å². The predicted molar refractivity (Wildman–Crippen MR) is 85.3 cm³/mol. The number of nitrogens with two attached hydrogens (primary N) is 1. The van der Waals surface area contributed by atoms with E-state index in [-0.39, 0.29) is 0 Å². The molecular weight excluding hydrogens is 252 g/mol. The molecule has 0 spiro atoms. The summed E-state index contributed by atoms with van der Waals surface area (Å²) >= 11 is 0. The van der Waals surface area contributed by atoms with Crippen LogP contribution in [0.2, 0.25) is 0 Å². The maximum absolute atomic E-state index is 5.84. The van der Waals surface area contributed by atoms with Crippen molar-refractivity contribution >= 4 is 11.5 Å². The van der Waals surface area contributed by atoms with Crippen molar-refractivity contribution in [3.8, 4) is 5.88 Å². The lowest BCUT2D eigenvalue weighted by Crippen LogP contribution is -2.29. The number of hydrogen-bond donors (Lipinski definition) is 2. The molecule has 0 aliphatic rings. The summed E-state index contributed by atoms with van der Waals surface area (Å²) in [7, 11) is 0. The zero-order valence-corrected chi connectivity index (χ0v) is 13.0. The van der Waals surface area contributed by atoms with Crippen molar-refractivity contribution in [1.82, 2.24) is 9.88 Å². The fourth-order valence-electron chi connectivity index (χ4n) is 1.95. The zero-order valence-electron chi connectivity index (χ0n) is 13.0. The Kier molecular flexibility index (Phi) is 7.80. The first-order valence-electron chi connectivity index (χ1n) is 7.56. The molecular formula is C15H28N4O. The van der Waals surface area contributed by atoms with Gasteiger partial charge in [0.2, 0.25) is 5.88 Å². The van der Waals surface area contributed by atoms with E-state index in [9.17, 15) is 0 Å². The third-order valence-electron chi connectivity index (χ3n) is 3.05. The van der Waals surface area contributed by atoms with Gasteiger partial charge in [-0.1, -0.05) is 20.8 Å². The quantitative estimate of drug-likeness (QED) is 0.690. The molecule has 5 heteroatoms. The average Bonchev–Trinajstić information content (AvgIpc) is 2.46. The molecule has 0 bridgehead atoms. The molecule has 3 N–H and O–H groups in total. The van der Waals surface area contributed by atoms with Gasteiger partial charge in [-0.05, 0) is 38.1 Å². The van der Waals surface area contributed by atoms with Gasteiger partial charge < -0.3 is 20.7 Å². The average molecular weight is 280 g/mol. The van der Waals surface area contributed by atoms with Crippen molar-refractivity contribution in [2.75, 3.05) is 43.8 Å². The highest BCUT2D eigenvalue weighted by molar-refractivity contribution is 5.53. The van der Waals surface area contributed by atoms with Crippen molar-refractivity contribution in [2.45, 2.75) is 33.6 Å². The number of rotatable bonds is 10.